The highest BCUT2D eigenvalue weighted by molar-refractivity contribution is 5.59. The minimum absolute atomic E-state index is 0.261. The van der Waals surface area contributed by atoms with Crippen molar-refractivity contribution in [3.63, 3.8) is 0 Å². The summed E-state index contributed by atoms with van der Waals surface area (Å²) < 4.78 is 39.8. The lowest BCUT2D eigenvalue weighted by Crippen LogP contribution is -2.20. The standard InChI is InChI=1S/C20H14F2N4O2/c21-14-6-4-12(5-7-14)19-24-20(28-25-19)18-16-10-27-17(9-26(16)11-23-18)13-2-1-3-15(22)8-13/h1-8,11,17H,9-10H2/t17-/m1/s1. The van der Waals surface area contributed by atoms with Gasteiger partial charge in [-0.05, 0) is 42.0 Å². The first-order valence-electron chi connectivity index (χ1n) is 8.68. The topological polar surface area (TPSA) is 66.0 Å². The smallest absolute Gasteiger partial charge is 0.278 e. The second kappa shape index (κ2) is 6.65. The zero-order valence-electron chi connectivity index (χ0n) is 14.5. The highest BCUT2D eigenvalue weighted by Crippen LogP contribution is 2.32. The fraction of sp³-hybridized carbons (Fsp3) is 0.150. The van der Waals surface area contributed by atoms with Crippen molar-refractivity contribution in [2.24, 2.45) is 0 Å². The van der Waals surface area contributed by atoms with Crippen LogP contribution in [0, 0.1) is 11.6 Å². The van der Waals surface area contributed by atoms with Gasteiger partial charge in [-0.1, -0.05) is 17.3 Å². The van der Waals surface area contributed by atoms with Crippen molar-refractivity contribution in [3.8, 4) is 23.0 Å². The average molecular weight is 380 g/mol. The molecule has 0 saturated carbocycles. The molecule has 0 unspecified atom stereocenters. The predicted molar refractivity (Wildman–Crippen MR) is 94.8 cm³/mol. The lowest BCUT2D eigenvalue weighted by Gasteiger charge is -2.25. The summed E-state index contributed by atoms with van der Waals surface area (Å²) in [6, 6.07) is 12.2. The number of nitrogens with zero attached hydrogens (tertiary/aromatic N) is 4. The molecule has 8 heteroatoms. The summed E-state index contributed by atoms with van der Waals surface area (Å²) in [6.45, 7) is 0.787. The summed E-state index contributed by atoms with van der Waals surface area (Å²) in [4.78, 5) is 8.76. The maximum Gasteiger partial charge on any atom is 0.278 e. The Morgan fingerprint density at radius 1 is 1.04 bits per heavy atom. The number of benzene rings is 2. The molecule has 0 spiro atoms. The van der Waals surface area contributed by atoms with Crippen LogP contribution in [0.25, 0.3) is 23.0 Å². The van der Waals surface area contributed by atoms with Gasteiger partial charge in [0.2, 0.25) is 5.82 Å². The van der Waals surface area contributed by atoms with Gasteiger partial charge in [0.15, 0.2) is 5.69 Å². The largest absolute Gasteiger partial charge is 0.365 e. The van der Waals surface area contributed by atoms with Crippen LogP contribution in [0.2, 0.25) is 0 Å². The number of imidazole rings is 1. The second-order valence-corrected chi connectivity index (χ2v) is 6.48. The van der Waals surface area contributed by atoms with E-state index in [2.05, 4.69) is 15.1 Å². The summed E-state index contributed by atoms with van der Waals surface area (Å²) in [5.74, 6) is -0.00923. The van der Waals surface area contributed by atoms with E-state index in [0.29, 0.717) is 23.6 Å². The molecule has 1 aliphatic heterocycles. The lowest BCUT2D eigenvalue weighted by atomic mass is 10.1. The number of halogens is 2. The molecule has 0 radical (unpaired) electrons. The molecule has 2 aromatic heterocycles. The second-order valence-electron chi connectivity index (χ2n) is 6.48. The molecule has 0 amide bonds. The lowest BCUT2D eigenvalue weighted by molar-refractivity contribution is 0.00314. The zero-order chi connectivity index (χ0) is 19.1. The summed E-state index contributed by atoms with van der Waals surface area (Å²) >= 11 is 0. The van der Waals surface area contributed by atoms with Crippen LogP contribution in [0.3, 0.4) is 0 Å². The molecule has 0 aliphatic carbocycles. The third-order valence-corrected chi connectivity index (χ3v) is 4.68. The monoisotopic (exact) mass is 380 g/mol. The van der Waals surface area contributed by atoms with Gasteiger partial charge in [0.05, 0.1) is 25.2 Å². The molecule has 0 bridgehead atoms. The number of ether oxygens (including phenoxy) is 1. The van der Waals surface area contributed by atoms with E-state index in [4.69, 9.17) is 9.26 Å². The van der Waals surface area contributed by atoms with Gasteiger partial charge in [-0.15, -0.1) is 0 Å². The van der Waals surface area contributed by atoms with E-state index in [1.165, 1.54) is 24.3 Å². The van der Waals surface area contributed by atoms with Gasteiger partial charge in [0.1, 0.15) is 17.7 Å². The Morgan fingerprint density at radius 3 is 2.71 bits per heavy atom. The summed E-state index contributed by atoms with van der Waals surface area (Å²) in [5, 5.41) is 3.95. The van der Waals surface area contributed by atoms with Gasteiger partial charge in [-0.2, -0.15) is 4.98 Å². The highest BCUT2D eigenvalue weighted by atomic mass is 19.1. The molecular formula is C20H14F2N4O2. The molecule has 0 N–H and O–H groups in total. The summed E-state index contributed by atoms with van der Waals surface area (Å²) in [5.41, 5.74) is 2.77. The van der Waals surface area contributed by atoms with Crippen molar-refractivity contribution in [2.45, 2.75) is 19.3 Å². The van der Waals surface area contributed by atoms with Crippen molar-refractivity contribution >= 4 is 0 Å². The van der Waals surface area contributed by atoms with Crippen molar-refractivity contribution in [3.05, 3.63) is 77.8 Å². The Labute approximate surface area is 158 Å². The maximum atomic E-state index is 13.5. The number of fused-ring (bicyclic) bond motifs is 1. The van der Waals surface area contributed by atoms with Gasteiger partial charge in [-0.3, -0.25) is 0 Å². The van der Waals surface area contributed by atoms with Crippen molar-refractivity contribution < 1.29 is 18.0 Å². The van der Waals surface area contributed by atoms with Crippen LogP contribution in [0.4, 0.5) is 8.78 Å². The Morgan fingerprint density at radius 2 is 1.89 bits per heavy atom. The first kappa shape index (κ1) is 16.8. The first-order chi connectivity index (χ1) is 13.7. The minimum atomic E-state index is -0.333. The van der Waals surface area contributed by atoms with Crippen LogP contribution in [-0.2, 0) is 17.9 Å². The van der Waals surface area contributed by atoms with Gasteiger partial charge in [0, 0.05) is 5.56 Å². The molecule has 6 nitrogen and oxygen atoms in total. The molecule has 2 aromatic carbocycles. The van der Waals surface area contributed by atoms with Gasteiger partial charge in [-0.25, -0.2) is 13.8 Å². The van der Waals surface area contributed by atoms with E-state index in [1.807, 2.05) is 10.6 Å². The van der Waals surface area contributed by atoms with E-state index in [9.17, 15) is 8.78 Å². The molecule has 5 rings (SSSR count). The van der Waals surface area contributed by atoms with Crippen molar-refractivity contribution in [1.29, 1.82) is 0 Å². The van der Waals surface area contributed by atoms with Gasteiger partial charge >= 0.3 is 0 Å². The van der Waals surface area contributed by atoms with Crippen LogP contribution in [-0.4, -0.2) is 19.7 Å². The van der Waals surface area contributed by atoms with E-state index >= 15 is 0 Å². The number of rotatable bonds is 3. The van der Waals surface area contributed by atoms with E-state index in [0.717, 1.165) is 11.3 Å². The van der Waals surface area contributed by atoms with Crippen LogP contribution in [0.5, 0.6) is 0 Å². The van der Waals surface area contributed by atoms with E-state index in [1.54, 1.807) is 24.5 Å². The molecule has 0 saturated heterocycles. The molecule has 0 fully saturated rings. The number of aromatic nitrogens is 4. The summed E-state index contributed by atoms with van der Waals surface area (Å²) in [6.07, 6.45) is 1.42. The Kier molecular flexibility index (Phi) is 3.98. The van der Waals surface area contributed by atoms with Crippen LogP contribution >= 0.6 is 0 Å². The average Bonchev–Trinajstić information content (AvgIpc) is 3.35. The molecular weight excluding hydrogens is 366 g/mol. The SMILES string of the molecule is Fc1ccc(-c2noc(-c3ncn4c3CO[C@@H](c3cccc(F)c3)C4)n2)cc1. The van der Waals surface area contributed by atoms with Gasteiger partial charge < -0.3 is 13.8 Å². The third-order valence-electron chi connectivity index (χ3n) is 4.68. The highest BCUT2D eigenvalue weighted by Gasteiger charge is 2.26. The van der Waals surface area contributed by atoms with Crippen LogP contribution in [0.1, 0.15) is 17.4 Å². The van der Waals surface area contributed by atoms with Crippen molar-refractivity contribution in [1.82, 2.24) is 19.7 Å². The van der Waals surface area contributed by atoms with E-state index < -0.39 is 0 Å². The summed E-state index contributed by atoms with van der Waals surface area (Å²) in [7, 11) is 0. The molecule has 4 aromatic rings. The molecule has 28 heavy (non-hydrogen) atoms. The normalized spacial score (nSPS) is 16.1. The van der Waals surface area contributed by atoms with Crippen molar-refractivity contribution in [2.75, 3.05) is 0 Å². The fourth-order valence-corrected chi connectivity index (χ4v) is 3.25. The Bertz CT molecular complexity index is 1140. The molecule has 3 heterocycles. The number of hydrogen-bond donors (Lipinski definition) is 0. The van der Waals surface area contributed by atoms with E-state index in [-0.39, 0.29) is 30.2 Å². The maximum absolute atomic E-state index is 13.5. The molecule has 1 atom stereocenters. The predicted octanol–water partition coefficient (Wildman–Crippen LogP) is 4.15. The minimum Gasteiger partial charge on any atom is -0.365 e. The Hall–Kier alpha value is -3.39. The fourth-order valence-electron chi connectivity index (χ4n) is 3.25. The number of hydrogen-bond acceptors (Lipinski definition) is 5. The Balaban J connectivity index is 1.42. The van der Waals surface area contributed by atoms with Crippen LogP contribution < -0.4 is 0 Å². The van der Waals surface area contributed by atoms with Crippen LogP contribution in [0.15, 0.2) is 59.4 Å². The van der Waals surface area contributed by atoms with Gasteiger partial charge in [0.25, 0.3) is 5.89 Å². The first-order valence-corrected chi connectivity index (χ1v) is 8.68. The quantitative estimate of drug-likeness (QED) is 0.534. The zero-order valence-corrected chi connectivity index (χ0v) is 14.5. The molecule has 140 valence electrons. The third kappa shape index (κ3) is 2.97. The molecule has 1 aliphatic rings.